The van der Waals surface area contributed by atoms with Gasteiger partial charge >= 0.3 is 0 Å². The molecule has 0 unspecified atom stereocenters. The summed E-state index contributed by atoms with van der Waals surface area (Å²) in [6.07, 6.45) is 6.39. The van der Waals surface area contributed by atoms with E-state index in [4.69, 9.17) is 5.73 Å². The van der Waals surface area contributed by atoms with Crippen LogP contribution in [0.1, 0.15) is 43.2 Å². The number of aliphatic imine (C=N–C) groups is 1. The predicted molar refractivity (Wildman–Crippen MR) is 99.6 cm³/mol. The van der Waals surface area contributed by atoms with E-state index in [0.717, 1.165) is 4.47 Å². The zero-order valence-electron chi connectivity index (χ0n) is 11.9. The quantitative estimate of drug-likeness (QED) is 0.412. The van der Waals surface area contributed by atoms with Crippen LogP contribution < -0.4 is 11.1 Å². The molecule has 0 atom stereocenters. The van der Waals surface area contributed by atoms with Gasteiger partial charge in [0.25, 0.3) is 0 Å². The van der Waals surface area contributed by atoms with Crippen LogP contribution in [0.2, 0.25) is 0 Å². The Morgan fingerprint density at radius 3 is 2.70 bits per heavy atom. The summed E-state index contributed by atoms with van der Waals surface area (Å²) in [6.45, 7) is 2.74. The summed E-state index contributed by atoms with van der Waals surface area (Å²) in [5.41, 5.74) is 8.42. The molecule has 0 spiro atoms. The van der Waals surface area contributed by atoms with Gasteiger partial charge in [0.2, 0.25) is 0 Å². The van der Waals surface area contributed by atoms with Crippen molar-refractivity contribution >= 4 is 45.9 Å². The number of hydrogen-bond acceptors (Lipinski definition) is 1. The zero-order valence-corrected chi connectivity index (χ0v) is 15.8. The lowest BCUT2D eigenvalue weighted by atomic mass is 9.96. The van der Waals surface area contributed by atoms with Crippen molar-refractivity contribution in [3.63, 3.8) is 0 Å². The average Bonchev–Trinajstić information content (AvgIpc) is 2.39. The van der Waals surface area contributed by atoms with Gasteiger partial charge in [0, 0.05) is 10.5 Å². The van der Waals surface area contributed by atoms with Crippen LogP contribution in [0.25, 0.3) is 0 Å². The minimum atomic E-state index is 0. The fourth-order valence-corrected chi connectivity index (χ4v) is 2.98. The summed E-state index contributed by atoms with van der Waals surface area (Å²) in [5, 5.41) is 3.34. The number of guanidine groups is 1. The summed E-state index contributed by atoms with van der Waals surface area (Å²) in [6, 6.07) is 6.76. The van der Waals surface area contributed by atoms with E-state index in [2.05, 4.69) is 45.3 Å². The van der Waals surface area contributed by atoms with Crippen molar-refractivity contribution in [1.29, 1.82) is 0 Å². The van der Waals surface area contributed by atoms with Crippen LogP contribution in [-0.2, 0) is 6.54 Å². The Balaban J connectivity index is 0.00000200. The van der Waals surface area contributed by atoms with Crippen LogP contribution in [0.5, 0.6) is 0 Å². The van der Waals surface area contributed by atoms with Crippen molar-refractivity contribution in [2.75, 3.05) is 0 Å². The summed E-state index contributed by atoms with van der Waals surface area (Å²) < 4.78 is 1.10. The summed E-state index contributed by atoms with van der Waals surface area (Å²) in [7, 11) is 0. The molecule has 0 amide bonds. The molecule has 0 aliphatic heterocycles. The van der Waals surface area contributed by atoms with E-state index in [-0.39, 0.29) is 24.0 Å². The molecule has 1 aromatic rings. The van der Waals surface area contributed by atoms with Crippen molar-refractivity contribution in [2.24, 2.45) is 10.7 Å². The molecule has 0 heterocycles. The summed E-state index contributed by atoms with van der Waals surface area (Å²) in [4.78, 5) is 4.45. The number of nitrogens with zero attached hydrogens (tertiary/aromatic N) is 1. The Hall–Kier alpha value is -0.300. The number of hydrogen-bond donors (Lipinski definition) is 2. The van der Waals surface area contributed by atoms with Crippen molar-refractivity contribution < 1.29 is 0 Å². The molecule has 1 aromatic carbocycles. The van der Waals surface area contributed by atoms with Gasteiger partial charge < -0.3 is 11.1 Å². The molecule has 1 aliphatic rings. The van der Waals surface area contributed by atoms with Crippen molar-refractivity contribution in [3.8, 4) is 0 Å². The number of halogens is 2. The van der Waals surface area contributed by atoms with Gasteiger partial charge in [-0.1, -0.05) is 41.3 Å². The highest BCUT2D eigenvalue weighted by atomic mass is 127. The Morgan fingerprint density at radius 1 is 1.35 bits per heavy atom. The average molecular weight is 452 g/mol. The van der Waals surface area contributed by atoms with Gasteiger partial charge in [0.1, 0.15) is 0 Å². The molecule has 1 fully saturated rings. The molecule has 2 rings (SSSR count). The predicted octanol–water partition coefficient (Wildman–Crippen LogP) is 4.11. The minimum Gasteiger partial charge on any atom is -0.370 e. The molecule has 3 N–H and O–H groups in total. The van der Waals surface area contributed by atoms with Gasteiger partial charge in [-0.2, -0.15) is 0 Å². The molecule has 0 radical (unpaired) electrons. The van der Waals surface area contributed by atoms with Crippen molar-refractivity contribution in [3.05, 3.63) is 33.8 Å². The van der Waals surface area contributed by atoms with E-state index in [9.17, 15) is 0 Å². The second-order valence-corrected chi connectivity index (χ2v) is 6.17. The van der Waals surface area contributed by atoms with Gasteiger partial charge in [-0.15, -0.1) is 24.0 Å². The van der Waals surface area contributed by atoms with Gasteiger partial charge in [-0.05, 0) is 43.0 Å². The second-order valence-electron chi connectivity index (χ2n) is 5.25. The van der Waals surface area contributed by atoms with E-state index in [1.807, 2.05) is 6.07 Å². The molecular formula is C15H23BrIN3. The van der Waals surface area contributed by atoms with Gasteiger partial charge in [-0.3, -0.25) is 0 Å². The smallest absolute Gasteiger partial charge is 0.189 e. The van der Waals surface area contributed by atoms with Crippen LogP contribution in [-0.4, -0.2) is 12.0 Å². The van der Waals surface area contributed by atoms with E-state index < -0.39 is 0 Å². The molecule has 1 saturated carbocycles. The zero-order chi connectivity index (χ0) is 13.7. The maximum absolute atomic E-state index is 5.96. The van der Waals surface area contributed by atoms with Crippen LogP contribution in [0.15, 0.2) is 27.7 Å². The first kappa shape index (κ1) is 17.8. The molecule has 112 valence electrons. The molecule has 5 heteroatoms. The summed E-state index contributed by atoms with van der Waals surface area (Å²) in [5.74, 6) is 0.578. The van der Waals surface area contributed by atoms with E-state index >= 15 is 0 Å². The topological polar surface area (TPSA) is 50.4 Å². The van der Waals surface area contributed by atoms with Crippen LogP contribution in [0, 0.1) is 6.92 Å². The first-order valence-electron chi connectivity index (χ1n) is 6.96. The summed E-state index contributed by atoms with van der Waals surface area (Å²) >= 11 is 3.47. The number of nitrogens with two attached hydrogens (primary N) is 1. The largest absolute Gasteiger partial charge is 0.370 e. The number of nitrogens with one attached hydrogen (secondary N) is 1. The van der Waals surface area contributed by atoms with Crippen LogP contribution in [0.4, 0.5) is 0 Å². The highest BCUT2D eigenvalue weighted by Gasteiger charge is 2.13. The third-order valence-corrected chi connectivity index (χ3v) is 4.17. The molecule has 1 aliphatic carbocycles. The Bertz CT molecular complexity index is 456. The maximum Gasteiger partial charge on any atom is 0.189 e. The molecule has 0 saturated heterocycles. The molecular weight excluding hydrogens is 429 g/mol. The Kier molecular flexibility index (Phi) is 7.87. The molecule has 0 bridgehead atoms. The highest BCUT2D eigenvalue weighted by molar-refractivity contribution is 14.0. The first-order chi connectivity index (χ1) is 9.15. The lowest BCUT2D eigenvalue weighted by Gasteiger charge is -2.23. The maximum atomic E-state index is 5.96. The van der Waals surface area contributed by atoms with Gasteiger partial charge in [0.15, 0.2) is 5.96 Å². The SMILES string of the molecule is Cc1cc(Br)ccc1CN=C(N)NC1CCCCC1.I. The van der Waals surface area contributed by atoms with E-state index in [1.165, 1.54) is 43.2 Å². The van der Waals surface area contributed by atoms with Crippen LogP contribution >= 0.6 is 39.9 Å². The number of rotatable bonds is 3. The normalized spacial score (nSPS) is 16.6. The number of benzene rings is 1. The fourth-order valence-electron chi connectivity index (χ4n) is 2.51. The Labute approximate surface area is 147 Å². The minimum absolute atomic E-state index is 0. The van der Waals surface area contributed by atoms with E-state index in [1.54, 1.807) is 0 Å². The second kappa shape index (κ2) is 8.87. The number of aryl methyl sites for hydroxylation is 1. The molecule has 20 heavy (non-hydrogen) atoms. The van der Waals surface area contributed by atoms with Gasteiger partial charge in [-0.25, -0.2) is 4.99 Å². The monoisotopic (exact) mass is 451 g/mol. The van der Waals surface area contributed by atoms with Crippen molar-refractivity contribution in [1.82, 2.24) is 5.32 Å². The molecule has 3 nitrogen and oxygen atoms in total. The lowest BCUT2D eigenvalue weighted by molar-refractivity contribution is 0.412. The molecule has 0 aromatic heterocycles. The first-order valence-corrected chi connectivity index (χ1v) is 7.76. The van der Waals surface area contributed by atoms with Gasteiger partial charge in [0.05, 0.1) is 6.54 Å². The lowest BCUT2D eigenvalue weighted by Crippen LogP contribution is -2.41. The fraction of sp³-hybridized carbons (Fsp3) is 0.533. The standard InChI is InChI=1S/C15H22BrN3.HI/c1-11-9-13(16)8-7-12(11)10-18-15(17)19-14-5-3-2-4-6-14;/h7-9,14H,2-6,10H2,1H3,(H3,17,18,19);1H. The Morgan fingerprint density at radius 2 is 2.05 bits per heavy atom. The van der Waals surface area contributed by atoms with E-state index in [0.29, 0.717) is 18.5 Å². The third kappa shape index (κ3) is 5.60. The van der Waals surface area contributed by atoms with Crippen LogP contribution in [0.3, 0.4) is 0 Å². The highest BCUT2D eigenvalue weighted by Crippen LogP contribution is 2.18. The third-order valence-electron chi connectivity index (χ3n) is 3.68. The van der Waals surface area contributed by atoms with Crippen molar-refractivity contribution in [2.45, 2.75) is 51.6 Å².